The fraction of sp³-hybridized carbons (Fsp3) is 0.0370. The van der Waals surface area contributed by atoms with E-state index < -0.39 is 157 Å². The number of hydrogen-bond acceptors (Lipinski definition) is 4. The molecule has 1 heterocycles. The van der Waals surface area contributed by atoms with Gasteiger partial charge in [-0.25, -0.2) is 92.6 Å². The maximum Gasteiger partial charge on any atom is 0.347 e. The second-order valence-corrected chi connectivity index (χ2v) is 20.5. The monoisotopic (exact) mass is 1160 g/mol. The van der Waals surface area contributed by atoms with Crippen LogP contribution in [0.1, 0.15) is 10.4 Å². The van der Waals surface area contributed by atoms with E-state index in [1.165, 1.54) is 0 Å². The zero-order valence-electron chi connectivity index (χ0n) is 39.4. The van der Waals surface area contributed by atoms with Gasteiger partial charge >= 0.3 is 5.63 Å². The summed E-state index contributed by atoms with van der Waals surface area (Å²) >= 11 is 0. The Morgan fingerprint density at radius 1 is 0.400 bits per heavy atom. The quantitative estimate of drug-likeness (QED) is 0.0246. The summed E-state index contributed by atoms with van der Waals surface area (Å²) in [6.45, 7) is 0. The molecule has 412 valence electrons. The number of methoxy groups -OCH3 is 1. The van der Waals surface area contributed by atoms with E-state index in [0.717, 1.165) is 15.9 Å². The minimum absolute atomic E-state index is 0.0647. The summed E-state index contributed by atoms with van der Waals surface area (Å²) in [5, 5.41) is 3.93. The van der Waals surface area contributed by atoms with Crippen LogP contribution in [0.3, 0.4) is 0 Å². The van der Waals surface area contributed by atoms with E-state index in [2.05, 4.69) is 36.4 Å². The predicted octanol–water partition coefficient (Wildman–Crippen LogP) is 10.8. The lowest BCUT2D eigenvalue weighted by molar-refractivity contribution is 0.101. The highest BCUT2D eigenvalue weighted by Gasteiger charge is 2.53. The first-order valence-electron chi connectivity index (χ1n) is 22.3. The fourth-order valence-electron chi connectivity index (χ4n) is 9.36. The number of carbonyl (C=O) groups excluding carboxylic acids is 1. The summed E-state index contributed by atoms with van der Waals surface area (Å²) in [6, 6.07) is 37.3. The molecule has 0 bridgehead atoms. The zero-order chi connectivity index (χ0) is 58.6. The van der Waals surface area contributed by atoms with E-state index in [1.807, 2.05) is 54.6 Å². The lowest BCUT2D eigenvalue weighted by Gasteiger charge is -2.44. The van der Waals surface area contributed by atoms with Crippen molar-refractivity contribution in [1.82, 2.24) is 0 Å². The van der Waals surface area contributed by atoms with Gasteiger partial charge in [0.05, 0.1) is 7.11 Å². The zero-order valence-corrected chi connectivity index (χ0v) is 40.3. The highest BCUT2D eigenvalue weighted by Crippen LogP contribution is 2.55. The molecule has 0 fully saturated rings. The van der Waals surface area contributed by atoms with Crippen LogP contribution in [0.15, 0.2) is 124 Å². The van der Waals surface area contributed by atoms with Crippen LogP contribution in [0.2, 0.25) is 0 Å². The highest BCUT2D eigenvalue weighted by atomic mass is 31.2. The van der Waals surface area contributed by atoms with Crippen LogP contribution in [0.5, 0.6) is 5.75 Å². The summed E-state index contributed by atoms with van der Waals surface area (Å²) in [5.41, 5.74) is -14.5. The topological polar surface area (TPSA) is 56.5 Å². The number of rotatable bonds is 11. The van der Waals surface area contributed by atoms with Crippen LogP contribution in [0.25, 0.3) is 11.0 Å². The minimum Gasteiger partial charge on any atom is -0.497 e. The number of halogens is 20. The number of Topliss-reactive ketones (excluding diaryl/α,β-unsaturated/α-hetero) is 1. The maximum absolute atomic E-state index is 15.4. The Balaban J connectivity index is 0.000000216. The van der Waals surface area contributed by atoms with E-state index in [4.69, 9.17) is 9.15 Å². The number of carbonyl (C=O) groups is 1. The van der Waals surface area contributed by atoms with Gasteiger partial charge < -0.3 is 9.15 Å². The van der Waals surface area contributed by atoms with Gasteiger partial charge in [0.15, 0.2) is 69.8 Å². The van der Waals surface area contributed by atoms with Gasteiger partial charge in [-0.15, -0.1) is 21.9 Å². The number of hydrogen-bond donors (Lipinski definition) is 0. The molecule has 80 heavy (non-hydrogen) atoms. The first-order valence-corrected chi connectivity index (χ1v) is 24.2. The lowest BCUT2D eigenvalue weighted by atomic mass is 9.12. The number of ether oxygens (including phenoxy) is 1. The Hall–Kier alpha value is -8.47. The molecule has 4 nitrogen and oxygen atoms in total. The molecule has 9 rings (SSSR count). The predicted molar refractivity (Wildman–Crippen MR) is 253 cm³/mol. The largest absolute Gasteiger partial charge is 0.497 e. The molecule has 1 aromatic heterocycles. The number of benzene rings is 8. The van der Waals surface area contributed by atoms with Gasteiger partial charge in [0.1, 0.15) is 98.9 Å². The Labute approximate surface area is 435 Å². The third-order valence-corrected chi connectivity index (χ3v) is 17.2. The molecule has 0 aliphatic carbocycles. The van der Waals surface area contributed by atoms with Crippen LogP contribution in [0.4, 0.5) is 87.8 Å². The van der Waals surface area contributed by atoms with E-state index in [9.17, 15) is 62.3 Å². The fourth-order valence-corrected chi connectivity index (χ4v) is 13.4. The molecule has 26 heteroatoms. The van der Waals surface area contributed by atoms with Crippen molar-refractivity contribution in [2.24, 2.45) is 0 Å². The highest BCUT2D eigenvalue weighted by molar-refractivity contribution is 7.96. The van der Waals surface area contributed by atoms with Crippen molar-refractivity contribution in [3.63, 3.8) is 0 Å². The molecule has 9 aromatic rings. The van der Waals surface area contributed by atoms with Crippen LogP contribution >= 0.6 is 7.26 Å². The summed E-state index contributed by atoms with van der Waals surface area (Å²) in [5.74, 6) is -71.1. The van der Waals surface area contributed by atoms with Gasteiger partial charge in [0.25, 0.3) is 0 Å². The van der Waals surface area contributed by atoms with Crippen molar-refractivity contribution in [2.45, 2.75) is 0 Å². The molecule has 0 saturated carbocycles. The summed E-state index contributed by atoms with van der Waals surface area (Å²) < 4.78 is 305. The Bertz CT molecular complexity index is 3540. The maximum atomic E-state index is 15.4. The molecule has 8 aromatic carbocycles. The smallest absolute Gasteiger partial charge is 0.347 e. The normalized spacial score (nSPS) is 11.7. The second kappa shape index (κ2) is 22.0. The van der Waals surface area contributed by atoms with Gasteiger partial charge in [-0.3, -0.25) is 4.79 Å². The Morgan fingerprint density at radius 2 is 0.675 bits per heavy atom. The van der Waals surface area contributed by atoms with Gasteiger partial charge in [-0.05, 0) is 54.6 Å². The van der Waals surface area contributed by atoms with Crippen molar-refractivity contribution >= 4 is 67.9 Å². The van der Waals surface area contributed by atoms with E-state index in [-0.39, 0.29) is 17.5 Å². The molecule has 0 spiro atoms. The molecule has 0 atom stereocenters. The van der Waals surface area contributed by atoms with Crippen molar-refractivity contribution in [2.75, 3.05) is 13.3 Å². The van der Waals surface area contributed by atoms with Crippen molar-refractivity contribution in [3.8, 4) is 5.75 Å². The first-order chi connectivity index (χ1) is 37.8. The molecule has 0 N–H and O–H groups in total. The molecular weight excluding hydrogens is 1130 g/mol. The molecule has 0 aliphatic rings. The SMILES string of the molecule is COc1ccc2cc(C(=O)C[P+](c3ccccc3)(c3ccccc3)c3ccccc3)c(=O)oc2c1.Fc1c(F)c(F)c([B-](c2c(F)c(F)c(F)c(F)c2F)(c2c(F)c(F)c(F)c(F)c2F)c2c(F)c(F)c(F)c(F)c2F)c(F)c1F. The summed E-state index contributed by atoms with van der Waals surface area (Å²) in [4.78, 5) is 26.9. The second-order valence-electron chi connectivity index (χ2n) is 17.0. The van der Waals surface area contributed by atoms with Gasteiger partial charge in [-0.2, -0.15) is 0 Å². The number of ketones is 1. The summed E-state index contributed by atoms with van der Waals surface area (Å²) in [6.07, 6.45) is -7.04. The molecule has 0 amide bonds. The standard InChI is InChI=1S/C30H24O4P.C24BF20/c1-33-23-18-17-22-19-27(30(32)34-29(22)20-23)28(31)21-35(24-11-5-2-6-12-24,25-13-7-3-8-14-25)26-15-9-4-10-16-26;26-5-1(6(27)14(35)21(42)13(5)34)25(2-7(28)15(36)22(43)16(37)8(2)29,3-9(30)17(38)23(44)18(39)10(3)31)4-11(32)19(40)24(45)20(41)12(4)33/h2-20H,21H2,1H3;/q+1;-1. The Morgan fingerprint density at radius 3 is 0.950 bits per heavy atom. The van der Waals surface area contributed by atoms with Gasteiger partial charge in [-0.1, -0.05) is 54.6 Å². The van der Waals surface area contributed by atoms with Crippen LogP contribution in [0, 0.1) is 116 Å². The summed E-state index contributed by atoms with van der Waals surface area (Å²) in [7, 11) is -0.865. The van der Waals surface area contributed by atoms with Crippen molar-refractivity contribution < 1.29 is 102 Å². The third-order valence-electron chi connectivity index (χ3n) is 12.9. The van der Waals surface area contributed by atoms with Crippen LogP contribution < -0.4 is 48.1 Å². The minimum atomic E-state index is -7.22. The van der Waals surface area contributed by atoms with Gasteiger partial charge in [0, 0.05) is 11.5 Å². The first kappa shape index (κ1) is 57.7. The number of fused-ring (bicyclic) bond motifs is 1. The van der Waals surface area contributed by atoms with E-state index >= 15 is 35.1 Å². The molecule has 0 aliphatic heterocycles. The van der Waals surface area contributed by atoms with Crippen molar-refractivity contribution in [3.05, 3.63) is 248 Å². The van der Waals surface area contributed by atoms with E-state index in [0.29, 0.717) is 16.7 Å². The van der Waals surface area contributed by atoms with Crippen molar-refractivity contribution in [1.29, 1.82) is 0 Å². The lowest BCUT2D eigenvalue weighted by Crippen LogP contribution is -2.81. The molecular formula is C54H24BF20O4P. The molecule has 0 unspecified atom stereocenters. The average Bonchev–Trinajstić information content (AvgIpc) is 3.60. The average molecular weight is 1160 g/mol. The van der Waals surface area contributed by atoms with E-state index in [1.54, 1.807) is 31.4 Å². The molecule has 0 radical (unpaired) electrons. The van der Waals surface area contributed by atoms with Crippen LogP contribution in [-0.2, 0) is 0 Å². The van der Waals surface area contributed by atoms with Gasteiger partial charge in [0.2, 0.25) is 5.78 Å². The molecule has 0 saturated heterocycles. The third kappa shape index (κ3) is 9.09. The van der Waals surface area contributed by atoms with Crippen LogP contribution in [-0.4, -0.2) is 25.2 Å². The Kier molecular flexibility index (Phi) is 15.9.